The minimum atomic E-state index is -0.496. The van der Waals surface area contributed by atoms with Crippen molar-refractivity contribution in [3.05, 3.63) is 30.1 Å². The summed E-state index contributed by atoms with van der Waals surface area (Å²) >= 11 is 0. The number of urea groups is 1. The lowest BCUT2D eigenvalue weighted by Gasteiger charge is -2.32. The average molecular weight is 341 g/mol. The van der Waals surface area contributed by atoms with E-state index in [4.69, 9.17) is 0 Å². The summed E-state index contributed by atoms with van der Waals surface area (Å²) in [6.07, 6.45) is 1.82. The highest BCUT2D eigenvalue weighted by molar-refractivity contribution is 6.04. The molecule has 130 valence electrons. The van der Waals surface area contributed by atoms with Crippen LogP contribution in [-0.4, -0.2) is 63.8 Å². The summed E-state index contributed by atoms with van der Waals surface area (Å²) in [6, 6.07) is 7.35. The standard InChI is InChI=1S/C17H19N5O3/c23-14-8-18-17(25)22(14)10-15(24)21-7-3-4-11(9-21)16-19-12-5-1-2-6-13(12)20-16/h1-2,5-6,11H,3-4,7-10H2,(H,18,25)(H,19,20)/t11-/m1/s1. The Bertz CT molecular complexity index is 797. The summed E-state index contributed by atoms with van der Waals surface area (Å²) in [4.78, 5) is 46.4. The van der Waals surface area contributed by atoms with E-state index in [2.05, 4.69) is 15.3 Å². The number of nitrogens with zero attached hydrogens (tertiary/aromatic N) is 3. The smallest absolute Gasteiger partial charge is 0.325 e. The lowest BCUT2D eigenvalue weighted by molar-refractivity contribution is -0.137. The van der Waals surface area contributed by atoms with Crippen molar-refractivity contribution in [1.29, 1.82) is 0 Å². The van der Waals surface area contributed by atoms with Crippen LogP contribution < -0.4 is 5.32 Å². The van der Waals surface area contributed by atoms with Gasteiger partial charge in [-0.15, -0.1) is 0 Å². The molecule has 2 N–H and O–H groups in total. The summed E-state index contributed by atoms with van der Waals surface area (Å²) in [7, 11) is 0. The maximum absolute atomic E-state index is 12.5. The van der Waals surface area contributed by atoms with E-state index in [0.29, 0.717) is 13.1 Å². The van der Waals surface area contributed by atoms with Gasteiger partial charge >= 0.3 is 6.03 Å². The molecule has 0 bridgehead atoms. The van der Waals surface area contributed by atoms with Crippen molar-refractivity contribution < 1.29 is 14.4 Å². The molecule has 8 nitrogen and oxygen atoms in total. The first-order valence-corrected chi connectivity index (χ1v) is 8.42. The summed E-state index contributed by atoms with van der Waals surface area (Å²) in [6.45, 7) is 0.951. The topological polar surface area (TPSA) is 98.4 Å². The lowest BCUT2D eigenvalue weighted by Crippen LogP contribution is -2.46. The van der Waals surface area contributed by atoms with Crippen LogP contribution in [0.2, 0.25) is 0 Å². The van der Waals surface area contributed by atoms with Crippen LogP contribution >= 0.6 is 0 Å². The van der Waals surface area contributed by atoms with Crippen LogP contribution in [-0.2, 0) is 9.59 Å². The Labute approximate surface area is 144 Å². The van der Waals surface area contributed by atoms with Gasteiger partial charge in [0.1, 0.15) is 12.4 Å². The second kappa shape index (κ2) is 6.19. The van der Waals surface area contributed by atoms with E-state index in [9.17, 15) is 14.4 Å². The van der Waals surface area contributed by atoms with Gasteiger partial charge in [0.15, 0.2) is 0 Å². The van der Waals surface area contributed by atoms with Gasteiger partial charge in [0.25, 0.3) is 5.91 Å². The number of amides is 4. The zero-order chi connectivity index (χ0) is 17.4. The summed E-state index contributed by atoms with van der Waals surface area (Å²) in [5.74, 6) is 0.456. The fraction of sp³-hybridized carbons (Fsp3) is 0.412. The molecule has 0 spiro atoms. The Hall–Kier alpha value is -2.90. The van der Waals surface area contributed by atoms with Gasteiger partial charge in [-0.1, -0.05) is 12.1 Å². The number of nitrogens with one attached hydrogen (secondary N) is 2. The number of carbonyl (C=O) groups is 3. The first kappa shape index (κ1) is 15.6. The third kappa shape index (κ3) is 2.95. The Morgan fingerprint density at radius 3 is 2.88 bits per heavy atom. The Morgan fingerprint density at radius 1 is 1.28 bits per heavy atom. The van der Waals surface area contributed by atoms with Gasteiger partial charge in [-0.3, -0.25) is 14.5 Å². The Morgan fingerprint density at radius 2 is 2.12 bits per heavy atom. The van der Waals surface area contributed by atoms with E-state index in [1.54, 1.807) is 4.90 Å². The molecule has 4 amide bonds. The Kier molecular flexibility index (Phi) is 3.87. The molecular weight excluding hydrogens is 322 g/mol. The third-order valence-corrected chi connectivity index (χ3v) is 4.80. The number of piperidine rings is 1. The minimum Gasteiger partial charge on any atom is -0.342 e. The molecule has 25 heavy (non-hydrogen) atoms. The third-order valence-electron chi connectivity index (χ3n) is 4.80. The van der Waals surface area contributed by atoms with Gasteiger partial charge in [0, 0.05) is 19.0 Å². The van der Waals surface area contributed by atoms with E-state index < -0.39 is 6.03 Å². The molecule has 0 saturated carbocycles. The van der Waals surface area contributed by atoms with E-state index in [0.717, 1.165) is 34.6 Å². The molecule has 2 aliphatic rings. The number of H-pyrrole nitrogens is 1. The van der Waals surface area contributed by atoms with Crippen molar-refractivity contribution in [2.45, 2.75) is 18.8 Å². The zero-order valence-electron chi connectivity index (χ0n) is 13.7. The molecule has 2 fully saturated rings. The van der Waals surface area contributed by atoms with Crippen molar-refractivity contribution in [3.63, 3.8) is 0 Å². The van der Waals surface area contributed by atoms with Crippen LogP contribution in [0.5, 0.6) is 0 Å². The summed E-state index contributed by atoms with van der Waals surface area (Å²) in [5, 5.41) is 2.43. The van der Waals surface area contributed by atoms with Crippen LogP contribution in [0.15, 0.2) is 24.3 Å². The second-order valence-electron chi connectivity index (χ2n) is 6.46. The average Bonchev–Trinajstić information content (AvgIpc) is 3.20. The maximum Gasteiger partial charge on any atom is 0.325 e. The van der Waals surface area contributed by atoms with E-state index in [1.807, 2.05) is 24.3 Å². The number of para-hydroxylation sites is 2. The predicted molar refractivity (Wildman–Crippen MR) is 89.8 cm³/mol. The van der Waals surface area contributed by atoms with Gasteiger partial charge in [-0.2, -0.15) is 0 Å². The zero-order valence-corrected chi connectivity index (χ0v) is 13.7. The molecule has 1 aromatic carbocycles. The molecular formula is C17H19N5O3. The molecule has 3 heterocycles. The van der Waals surface area contributed by atoms with Crippen molar-refractivity contribution in [2.75, 3.05) is 26.2 Å². The molecule has 4 rings (SSSR count). The molecule has 2 aromatic rings. The quantitative estimate of drug-likeness (QED) is 0.808. The predicted octanol–water partition coefficient (Wildman–Crippen LogP) is 0.821. The molecule has 1 aromatic heterocycles. The number of likely N-dealkylation sites (tertiary alicyclic amines) is 1. The molecule has 8 heteroatoms. The fourth-order valence-corrected chi connectivity index (χ4v) is 3.44. The highest BCUT2D eigenvalue weighted by Crippen LogP contribution is 2.26. The van der Waals surface area contributed by atoms with Crippen LogP contribution in [0.4, 0.5) is 4.79 Å². The monoisotopic (exact) mass is 341 g/mol. The maximum atomic E-state index is 12.5. The second-order valence-corrected chi connectivity index (χ2v) is 6.46. The van der Waals surface area contributed by atoms with Gasteiger partial charge in [-0.05, 0) is 25.0 Å². The van der Waals surface area contributed by atoms with Gasteiger partial charge in [0.2, 0.25) is 5.91 Å². The van der Waals surface area contributed by atoms with Gasteiger partial charge in [-0.25, -0.2) is 9.78 Å². The number of hydrogen-bond donors (Lipinski definition) is 2. The molecule has 2 saturated heterocycles. The van der Waals surface area contributed by atoms with Crippen LogP contribution in [0.1, 0.15) is 24.6 Å². The molecule has 0 unspecified atom stereocenters. The number of imidazole rings is 1. The van der Waals surface area contributed by atoms with Crippen LogP contribution in [0.3, 0.4) is 0 Å². The number of aromatic nitrogens is 2. The molecule has 1 atom stereocenters. The normalized spacial score (nSPS) is 21.0. The number of carbonyl (C=O) groups excluding carboxylic acids is 3. The molecule has 0 aliphatic carbocycles. The first-order valence-electron chi connectivity index (χ1n) is 8.42. The van der Waals surface area contributed by atoms with Crippen LogP contribution in [0.25, 0.3) is 11.0 Å². The number of fused-ring (bicyclic) bond motifs is 1. The van der Waals surface area contributed by atoms with E-state index in [1.165, 1.54) is 0 Å². The van der Waals surface area contributed by atoms with Crippen LogP contribution in [0, 0.1) is 0 Å². The lowest BCUT2D eigenvalue weighted by atomic mass is 9.97. The van der Waals surface area contributed by atoms with Crippen molar-refractivity contribution in [1.82, 2.24) is 25.1 Å². The summed E-state index contributed by atoms with van der Waals surface area (Å²) < 4.78 is 0. The van der Waals surface area contributed by atoms with E-state index in [-0.39, 0.29) is 30.8 Å². The number of benzene rings is 1. The van der Waals surface area contributed by atoms with Crippen molar-refractivity contribution in [2.24, 2.45) is 0 Å². The fourth-order valence-electron chi connectivity index (χ4n) is 3.44. The number of aromatic amines is 1. The minimum absolute atomic E-state index is 0.0340. The highest BCUT2D eigenvalue weighted by Gasteiger charge is 2.33. The van der Waals surface area contributed by atoms with E-state index >= 15 is 0 Å². The largest absolute Gasteiger partial charge is 0.342 e. The Balaban J connectivity index is 1.46. The highest BCUT2D eigenvalue weighted by atomic mass is 16.2. The number of imide groups is 1. The number of hydrogen-bond acceptors (Lipinski definition) is 4. The molecule has 0 radical (unpaired) electrons. The first-order chi connectivity index (χ1) is 12.1. The summed E-state index contributed by atoms with van der Waals surface area (Å²) in [5.41, 5.74) is 1.90. The number of rotatable bonds is 3. The van der Waals surface area contributed by atoms with Crippen molar-refractivity contribution in [3.8, 4) is 0 Å². The van der Waals surface area contributed by atoms with Crippen molar-refractivity contribution >= 4 is 28.9 Å². The molecule has 2 aliphatic heterocycles. The SMILES string of the molecule is O=C(CN1C(=O)CNC1=O)N1CCC[C@@H](c2nc3ccccc3[nH]2)C1. The van der Waals surface area contributed by atoms with Gasteiger partial charge in [0.05, 0.1) is 17.6 Å². The van der Waals surface area contributed by atoms with Gasteiger partial charge < -0.3 is 15.2 Å².